The molecule has 0 aliphatic heterocycles. The summed E-state index contributed by atoms with van der Waals surface area (Å²) in [4.78, 5) is 16.9. The lowest BCUT2D eigenvalue weighted by molar-refractivity contribution is 0.0946. The van der Waals surface area contributed by atoms with Crippen LogP contribution in [0.4, 0.5) is 0 Å². The number of thiazole rings is 1. The number of hydrogen-bond donors (Lipinski definition) is 1. The van der Waals surface area contributed by atoms with Crippen molar-refractivity contribution >= 4 is 17.2 Å². The van der Waals surface area contributed by atoms with Gasteiger partial charge in [0.05, 0.1) is 21.3 Å². The van der Waals surface area contributed by atoms with Crippen LogP contribution in [0.5, 0.6) is 17.2 Å². The number of hydrogen-bond acceptors (Lipinski definition) is 6. The van der Waals surface area contributed by atoms with Crippen LogP contribution in [0, 0.1) is 0 Å². The van der Waals surface area contributed by atoms with E-state index in [4.69, 9.17) is 14.2 Å². The lowest BCUT2D eigenvalue weighted by atomic mass is 10.1. The Labute approximate surface area is 161 Å². The second kappa shape index (κ2) is 8.55. The van der Waals surface area contributed by atoms with Gasteiger partial charge in [0.25, 0.3) is 5.91 Å². The molecule has 0 atom stereocenters. The molecule has 7 heteroatoms. The fourth-order valence-electron chi connectivity index (χ4n) is 2.59. The van der Waals surface area contributed by atoms with Gasteiger partial charge in [-0.15, -0.1) is 11.3 Å². The number of carbonyl (C=O) groups is 1. The van der Waals surface area contributed by atoms with E-state index in [1.807, 2.05) is 30.3 Å². The number of carbonyl (C=O) groups excluding carboxylic acids is 1. The van der Waals surface area contributed by atoms with Crippen molar-refractivity contribution in [2.45, 2.75) is 6.54 Å². The van der Waals surface area contributed by atoms with E-state index >= 15 is 0 Å². The largest absolute Gasteiger partial charge is 0.496 e. The Morgan fingerprint density at radius 1 is 1.00 bits per heavy atom. The monoisotopic (exact) mass is 384 g/mol. The zero-order valence-electron chi connectivity index (χ0n) is 15.3. The number of amides is 1. The Kier molecular flexibility index (Phi) is 5.93. The molecule has 140 valence electrons. The van der Waals surface area contributed by atoms with Gasteiger partial charge in [-0.3, -0.25) is 4.79 Å². The maximum absolute atomic E-state index is 12.5. The summed E-state index contributed by atoms with van der Waals surface area (Å²) in [6.45, 7) is 0.278. The van der Waals surface area contributed by atoms with Gasteiger partial charge in [-0.05, 0) is 6.07 Å². The van der Waals surface area contributed by atoms with Crippen LogP contribution in [0.1, 0.15) is 16.1 Å². The molecule has 0 radical (unpaired) electrons. The van der Waals surface area contributed by atoms with Gasteiger partial charge in [0.1, 0.15) is 16.5 Å². The molecule has 0 saturated heterocycles. The molecule has 0 spiro atoms. The van der Waals surface area contributed by atoms with Crippen LogP contribution >= 0.6 is 11.3 Å². The number of aromatic nitrogens is 1. The number of benzene rings is 2. The molecule has 0 unspecified atom stereocenters. The van der Waals surface area contributed by atoms with Crippen LogP contribution < -0.4 is 19.5 Å². The predicted molar refractivity (Wildman–Crippen MR) is 105 cm³/mol. The summed E-state index contributed by atoms with van der Waals surface area (Å²) in [6, 6.07) is 13.3. The average molecular weight is 384 g/mol. The van der Waals surface area contributed by atoms with Crippen molar-refractivity contribution in [1.82, 2.24) is 10.3 Å². The predicted octanol–water partition coefficient (Wildman–Crippen LogP) is 3.77. The Hall–Kier alpha value is -3.06. The molecule has 1 heterocycles. The summed E-state index contributed by atoms with van der Waals surface area (Å²) in [5.74, 6) is 1.50. The Bertz CT molecular complexity index is 925. The summed E-state index contributed by atoms with van der Waals surface area (Å²) >= 11 is 1.44. The third-order valence-electron chi connectivity index (χ3n) is 3.98. The Morgan fingerprint density at radius 2 is 1.67 bits per heavy atom. The second-order valence-corrected chi connectivity index (χ2v) is 6.46. The van der Waals surface area contributed by atoms with Crippen molar-refractivity contribution in [3.8, 4) is 27.8 Å². The van der Waals surface area contributed by atoms with Crippen molar-refractivity contribution in [3.05, 3.63) is 59.1 Å². The maximum Gasteiger partial charge on any atom is 0.271 e. The number of ether oxygens (including phenoxy) is 3. The highest BCUT2D eigenvalue weighted by Crippen LogP contribution is 2.34. The number of nitrogens with zero attached hydrogens (tertiary/aromatic N) is 1. The summed E-state index contributed by atoms with van der Waals surface area (Å²) in [5, 5.41) is 5.44. The highest BCUT2D eigenvalue weighted by molar-refractivity contribution is 7.13. The minimum absolute atomic E-state index is 0.245. The minimum Gasteiger partial charge on any atom is -0.496 e. The van der Waals surface area contributed by atoms with E-state index in [1.165, 1.54) is 11.3 Å². The van der Waals surface area contributed by atoms with Crippen LogP contribution in [0.15, 0.2) is 47.8 Å². The second-order valence-electron chi connectivity index (χ2n) is 5.61. The van der Waals surface area contributed by atoms with Crippen molar-refractivity contribution in [1.29, 1.82) is 0 Å². The van der Waals surface area contributed by atoms with Gasteiger partial charge < -0.3 is 19.5 Å². The quantitative estimate of drug-likeness (QED) is 0.672. The van der Waals surface area contributed by atoms with E-state index in [-0.39, 0.29) is 12.5 Å². The number of methoxy groups -OCH3 is 3. The van der Waals surface area contributed by atoms with E-state index in [1.54, 1.807) is 38.8 Å². The zero-order valence-corrected chi connectivity index (χ0v) is 16.1. The van der Waals surface area contributed by atoms with Gasteiger partial charge in [-0.2, -0.15) is 0 Å². The summed E-state index contributed by atoms with van der Waals surface area (Å²) in [7, 11) is 4.69. The van der Waals surface area contributed by atoms with Gasteiger partial charge in [0, 0.05) is 29.1 Å². The molecule has 0 aliphatic rings. The Balaban J connectivity index is 1.73. The van der Waals surface area contributed by atoms with Crippen molar-refractivity contribution < 1.29 is 19.0 Å². The Morgan fingerprint density at radius 3 is 2.33 bits per heavy atom. The SMILES string of the molecule is COc1cc(OC)c(OC)cc1CNC(=O)c1csc(-c2ccccc2)n1. The molecular formula is C20H20N2O4S. The fraction of sp³-hybridized carbons (Fsp3) is 0.200. The molecule has 1 N–H and O–H groups in total. The van der Waals surface area contributed by atoms with Crippen LogP contribution in [0.2, 0.25) is 0 Å². The molecule has 0 fully saturated rings. The average Bonchev–Trinajstić information content (AvgIpc) is 3.22. The lowest BCUT2D eigenvalue weighted by Gasteiger charge is -2.14. The molecule has 0 bridgehead atoms. The maximum atomic E-state index is 12.5. The van der Waals surface area contributed by atoms with Gasteiger partial charge in [0.2, 0.25) is 0 Å². The van der Waals surface area contributed by atoms with Crippen LogP contribution in [0.25, 0.3) is 10.6 Å². The zero-order chi connectivity index (χ0) is 19.2. The van der Waals surface area contributed by atoms with Crippen molar-refractivity contribution in [3.63, 3.8) is 0 Å². The normalized spacial score (nSPS) is 10.3. The lowest BCUT2D eigenvalue weighted by Crippen LogP contribution is -2.23. The standard InChI is InChI=1S/C20H20N2O4S/c1-24-16-10-18(26-3)17(25-2)9-14(16)11-21-19(23)15-12-27-20(22-15)13-7-5-4-6-8-13/h4-10,12H,11H2,1-3H3,(H,21,23). The summed E-state index contributed by atoms with van der Waals surface area (Å²) in [5.41, 5.74) is 2.16. The molecule has 1 aromatic heterocycles. The number of nitrogens with one attached hydrogen (secondary N) is 1. The van der Waals surface area contributed by atoms with Crippen LogP contribution in [-0.4, -0.2) is 32.2 Å². The third kappa shape index (κ3) is 4.20. The number of rotatable bonds is 7. The van der Waals surface area contributed by atoms with E-state index < -0.39 is 0 Å². The van der Waals surface area contributed by atoms with Gasteiger partial charge in [0.15, 0.2) is 11.5 Å². The molecule has 6 nitrogen and oxygen atoms in total. The van der Waals surface area contributed by atoms with Crippen LogP contribution in [-0.2, 0) is 6.54 Å². The first-order chi connectivity index (χ1) is 13.2. The highest BCUT2D eigenvalue weighted by atomic mass is 32.1. The van der Waals surface area contributed by atoms with E-state index in [0.29, 0.717) is 22.9 Å². The topological polar surface area (TPSA) is 69.7 Å². The van der Waals surface area contributed by atoms with Gasteiger partial charge in [-0.1, -0.05) is 30.3 Å². The molecule has 1 amide bonds. The van der Waals surface area contributed by atoms with Crippen molar-refractivity contribution in [2.75, 3.05) is 21.3 Å². The van der Waals surface area contributed by atoms with E-state index in [9.17, 15) is 4.79 Å². The smallest absolute Gasteiger partial charge is 0.271 e. The van der Waals surface area contributed by atoms with Crippen molar-refractivity contribution in [2.24, 2.45) is 0 Å². The summed E-state index contributed by atoms with van der Waals surface area (Å²) in [6.07, 6.45) is 0. The summed E-state index contributed by atoms with van der Waals surface area (Å²) < 4.78 is 16.0. The molecule has 0 saturated carbocycles. The van der Waals surface area contributed by atoms with Crippen LogP contribution in [0.3, 0.4) is 0 Å². The molecule has 0 aliphatic carbocycles. The molecular weight excluding hydrogens is 364 g/mol. The molecule has 27 heavy (non-hydrogen) atoms. The molecule has 3 rings (SSSR count). The first kappa shape index (κ1) is 18.7. The van der Waals surface area contributed by atoms with Gasteiger partial charge in [-0.25, -0.2) is 4.98 Å². The highest BCUT2D eigenvalue weighted by Gasteiger charge is 2.15. The minimum atomic E-state index is -0.245. The molecule has 2 aromatic carbocycles. The first-order valence-electron chi connectivity index (χ1n) is 8.24. The fourth-order valence-corrected chi connectivity index (χ4v) is 3.39. The van der Waals surface area contributed by atoms with E-state index in [2.05, 4.69) is 10.3 Å². The van der Waals surface area contributed by atoms with Gasteiger partial charge >= 0.3 is 0 Å². The van der Waals surface area contributed by atoms with E-state index in [0.717, 1.165) is 16.1 Å². The third-order valence-corrected chi connectivity index (χ3v) is 4.87. The molecule has 3 aromatic rings. The first-order valence-corrected chi connectivity index (χ1v) is 9.12.